The van der Waals surface area contributed by atoms with Crippen LogP contribution < -0.4 is 21.5 Å². The van der Waals surface area contributed by atoms with Crippen LogP contribution in [0.2, 0.25) is 0 Å². The summed E-state index contributed by atoms with van der Waals surface area (Å²) in [6.07, 6.45) is -1.70. The van der Waals surface area contributed by atoms with Crippen molar-refractivity contribution in [2.45, 2.75) is 50.6 Å². The molecule has 1 fully saturated rings. The first-order valence-electron chi connectivity index (χ1n) is 8.39. The Labute approximate surface area is 145 Å². The number of benzene rings is 1. The Morgan fingerprint density at radius 2 is 1.84 bits per heavy atom. The van der Waals surface area contributed by atoms with Gasteiger partial charge in [0.05, 0.1) is 6.04 Å². The van der Waals surface area contributed by atoms with Gasteiger partial charge in [-0.3, -0.25) is 4.79 Å². The van der Waals surface area contributed by atoms with Gasteiger partial charge in [0.25, 0.3) is 0 Å². The third kappa shape index (κ3) is 5.01. The first-order valence-corrected chi connectivity index (χ1v) is 8.39. The Bertz CT molecular complexity index is 570. The molecule has 0 saturated carbocycles. The monoisotopic (exact) mass is 358 g/mol. The number of hydrazine groups is 1. The third-order valence-electron chi connectivity index (χ3n) is 4.45. The minimum absolute atomic E-state index is 0.0851. The Morgan fingerprint density at radius 3 is 2.32 bits per heavy atom. The first kappa shape index (κ1) is 19.8. The second-order valence-corrected chi connectivity index (χ2v) is 6.32. The van der Waals surface area contributed by atoms with Gasteiger partial charge < -0.3 is 10.6 Å². The highest BCUT2D eigenvalue weighted by atomic mass is 19.4. The van der Waals surface area contributed by atoms with Gasteiger partial charge >= 0.3 is 6.18 Å². The van der Waals surface area contributed by atoms with Crippen LogP contribution in [0.4, 0.5) is 13.2 Å². The third-order valence-corrected chi connectivity index (χ3v) is 4.45. The predicted octanol–water partition coefficient (Wildman–Crippen LogP) is 1.95. The molecule has 1 aliphatic heterocycles. The van der Waals surface area contributed by atoms with Crippen molar-refractivity contribution in [1.82, 2.24) is 21.5 Å². The standard InChI is InChI=1S/C17H25F3N4O/c1-12(25)15(21-2)5-3-4-10-22-11-13-6-8-14(9-7-13)16(23-24-16)17(18,19)20/h6-9,15,21-24H,3-5,10-11H2,1-2H3. The summed E-state index contributed by atoms with van der Waals surface area (Å²) in [4.78, 5) is 11.3. The maximum absolute atomic E-state index is 13.0. The van der Waals surface area contributed by atoms with Gasteiger partial charge in [0.15, 0.2) is 0 Å². The van der Waals surface area contributed by atoms with Crippen LogP contribution >= 0.6 is 0 Å². The van der Waals surface area contributed by atoms with Crippen molar-refractivity contribution in [2.75, 3.05) is 13.6 Å². The molecule has 0 aromatic heterocycles. The molecule has 4 N–H and O–H groups in total. The maximum atomic E-state index is 13.0. The predicted molar refractivity (Wildman–Crippen MR) is 89.5 cm³/mol. The number of ketones is 1. The summed E-state index contributed by atoms with van der Waals surface area (Å²) in [5, 5.41) is 6.26. The van der Waals surface area contributed by atoms with Crippen molar-refractivity contribution in [3.05, 3.63) is 35.4 Å². The van der Waals surface area contributed by atoms with E-state index in [4.69, 9.17) is 0 Å². The molecule has 25 heavy (non-hydrogen) atoms. The number of hydrogen-bond donors (Lipinski definition) is 4. The number of carbonyl (C=O) groups excluding carboxylic acids is 1. The number of nitrogens with one attached hydrogen (secondary N) is 4. The Morgan fingerprint density at radius 1 is 1.20 bits per heavy atom. The van der Waals surface area contributed by atoms with E-state index in [0.29, 0.717) is 6.54 Å². The number of rotatable bonds is 10. The highest BCUT2D eigenvalue weighted by Crippen LogP contribution is 2.41. The zero-order valence-electron chi connectivity index (χ0n) is 14.5. The molecule has 0 amide bonds. The zero-order valence-corrected chi connectivity index (χ0v) is 14.5. The summed E-state index contributed by atoms with van der Waals surface area (Å²) in [6.45, 7) is 2.98. The summed E-state index contributed by atoms with van der Waals surface area (Å²) in [7, 11) is 1.78. The highest BCUT2D eigenvalue weighted by Gasteiger charge is 2.65. The first-order chi connectivity index (χ1) is 11.8. The molecule has 8 heteroatoms. The summed E-state index contributed by atoms with van der Waals surface area (Å²) < 4.78 is 38.9. The van der Waals surface area contributed by atoms with Gasteiger partial charge in [-0.15, -0.1) is 0 Å². The van der Waals surface area contributed by atoms with Crippen LogP contribution in [-0.2, 0) is 17.0 Å². The van der Waals surface area contributed by atoms with Gasteiger partial charge in [-0.05, 0) is 44.5 Å². The van der Waals surface area contributed by atoms with Crippen LogP contribution in [0.1, 0.15) is 37.3 Å². The van der Waals surface area contributed by atoms with Crippen molar-refractivity contribution >= 4 is 5.78 Å². The molecule has 1 heterocycles. The SMILES string of the molecule is CNC(CCCCNCc1ccc(C2(C(F)(F)F)NN2)cc1)C(C)=O. The maximum Gasteiger partial charge on any atom is 0.426 e. The molecule has 0 radical (unpaired) electrons. The fraction of sp³-hybridized carbons (Fsp3) is 0.588. The van der Waals surface area contributed by atoms with E-state index in [9.17, 15) is 18.0 Å². The van der Waals surface area contributed by atoms with E-state index in [1.54, 1.807) is 26.1 Å². The molecule has 0 aliphatic carbocycles. The molecular formula is C17H25F3N4O. The number of likely N-dealkylation sites (N-methyl/N-ethyl adjacent to an activating group) is 1. The summed E-state index contributed by atoms with van der Waals surface area (Å²) in [5.74, 6) is 0.145. The van der Waals surface area contributed by atoms with Crippen LogP contribution in [0.5, 0.6) is 0 Å². The number of carbonyl (C=O) groups is 1. The molecule has 1 atom stereocenters. The Hall–Kier alpha value is -1.48. The average molecular weight is 358 g/mol. The van der Waals surface area contributed by atoms with Crippen molar-refractivity contribution in [3.63, 3.8) is 0 Å². The van der Waals surface area contributed by atoms with Crippen molar-refractivity contribution in [2.24, 2.45) is 0 Å². The lowest BCUT2D eigenvalue weighted by molar-refractivity contribution is -0.165. The van der Waals surface area contributed by atoms with E-state index in [1.165, 1.54) is 12.1 Å². The van der Waals surface area contributed by atoms with Crippen molar-refractivity contribution < 1.29 is 18.0 Å². The Kier molecular flexibility index (Phi) is 6.56. The fourth-order valence-corrected chi connectivity index (χ4v) is 2.77. The van der Waals surface area contributed by atoms with Crippen molar-refractivity contribution in [1.29, 1.82) is 0 Å². The lowest BCUT2D eigenvalue weighted by Gasteiger charge is -2.16. The van der Waals surface area contributed by atoms with Crippen LogP contribution in [0, 0.1) is 0 Å². The lowest BCUT2D eigenvalue weighted by Crippen LogP contribution is -2.34. The van der Waals surface area contributed by atoms with E-state index in [2.05, 4.69) is 21.5 Å². The molecule has 0 spiro atoms. The van der Waals surface area contributed by atoms with Crippen LogP contribution in [0.15, 0.2) is 24.3 Å². The minimum Gasteiger partial charge on any atom is -0.313 e. The number of unbranched alkanes of at least 4 members (excludes halogenated alkanes) is 1. The second kappa shape index (κ2) is 8.27. The van der Waals surface area contributed by atoms with E-state index < -0.39 is 11.8 Å². The molecule has 5 nitrogen and oxygen atoms in total. The number of hydrogen-bond acceptors (Lipinski definition) is 5. The van der Waals surface area contributed by atoms with E-state index >= 15 is 0 Å². The minimum atomic E-state index is -4.38. The van der Waals surface area contributed by atoms with E-state index in [1.807, 2.05) is 0 Å². The normalized spacial score (nSPS) is 17.3. The van der Waals surface area contributed by atoms with E-state index in [-0.39, 0.29) is 17.4 Å². The van der Waals surface area contributed by atoms with Gasteiger partial charge in [-0.1, -0.05) is 30.7 Å². The van der Waals surface area contributed by atoms with Crippen LogP contribution in [0.3, 0.4) is 0 Å². The summed E-state index contributed by atoms with van der Waals surface area (Å²) >= 11 is 0. The second-order valence-electron chi connectivity index (χ2n) is 6.32. The number of alkyl halides is 3. The molecule has 1 saturated heterocycles. The van der Waals surface area contributed by atoms with Gasteiger partial charge in [0.1, 0.15) is 5.78 Å². The largest absolute Gasteiger partial charge is 0.426 e. The topological polar surface area (TPSA) is 85.0 Å². The smallest absolute Gasteiger partial charge is 0.313 e. The Balaban J connectivity index is 1.70. The number of Topliss-reactive ketones (excluding diaryl/α,β-unsaturated/α-hetero) is 1. The van der Waals surface area contributed by atoms with Crippen LogP contribution in [0.25, 0.3) is 0 Å². The van der Waals surface area contributed by atoms with Gasteiger partial charge in [-0.25, -0.2) is 10.9 Å². The summed E-state index contributed by atoms with van der Waals surface area (Å²) in [6, 6.07) is 6.29. The quantitative estimate of drug-likeness (QED) is 0.379. The van der Waals surface area contributed by atoms with Gasteiger partial charge in [0, 0.05) is 6.54 Å². The molecule has 1 aromatic carbocycles. The highest BCUT2D eigenvalue weighted by molar-refractivity contribution is 5.81. The average Bonchev–Trinajstić information content (AvgIpc) is 3.36. The lowest BCUT2D eigenvalue weighted by atomic mass is 10.0. The van der Waals surface area contributed by atoms with E-state index in [0.717, 1.165) is 31.4 Å². The van der Waals surface area contributed by atoms with Crippen molar-refractivity contribution in [3.8, 4) is 0 Å². The molecule has 2 rings (SSSR count). The molecule has 1 aliphatic rings. The van der Waals surface area contributed by atoms with Gasteiger partial charge in [-0.2, -0.15) is 13.2 Å². The zero-order chi connectivity index (χ0) is 18.5. The molecule has 0 bridgehead atoms. The van der Waals surface area contributed by atoms with Crippen LogP contribution in [-0.4, -0.2) is 31.6 Å². The molecular weight excluding hydrogens is 333 g/mol. The number of halogens is 3. The summed E-state index contributed by atoms with van der Waals surface area (Å²) in [5.41, 5.74) is 3.37. The fourth-order valence-electron chi connectivity index (χ4n) is 2.77. The molecule has 1 aromatic rings. The molecule has 140 valence electrons. The van der Waals surface area contributed by atoms with Gasteiger partial charge in [0.2, 0.25) is 5.66 Å². The molecule has 1 unspecified atom stereocenters.